The molecule has 3 nitrogen and oxygen atoms in total. The molecule has 0 saturated carbocycles. The van der Waals surface area contributed by atoms with Gasteiger partial charge >= 0.3 is 0 Å². The summed E-state index contributed by atoms with van der Waals surface area (Å²) in [5.74, 6) is 0. The maximum atomic E-state index is 5.84. The van der Waals surface area contributed by atoms with Crippen molar-refractivity contribution in [3.05, 3.63) is 33.8 Å². The van der Waals surface area contributed by atoms with Crippen molar-refractivity contribution < 1.29 is 9.57 Å². The number of ether oxygens (including phenoxy) is 1. The Kier molecular flexibility index (Phi) is 5.98. The van der Waals surface area contributed by atoms with Gasteiger partial charge in [0.1, 0.15) is 0 Å². The van der Waals surface area contributed by atoms with Gasteiger partial charge in [-0.25, -0.2) is 0 Å². The monoisotopic (exact) mass is 249 g/mol. The van der Waals surface area contributed by atoms with Gasteiger partial charge < -0.3 is 4.74 Å². The van der Waals surface area contributed by atoms with Gasteiger partial charge in [0.25, 0.3) is 0 Å². The Morgan fingerprint density at radius 1 is 1.13 bits per heavy atom. The zero-order valence-electron chi connectivity index (χ0n) is 8.43. The molecule has 0 saturated heterocycles. The van der Waals surface area contributed by atoms with Gasteiger partial charge in [0, 0.05) is 23.7 Å². The summed E-state index contributed by atoms with van der Waals surface area (Å²) in [5, 5.41) is 1.24. The number of rotatable bonds is 6. The van der Waals surface area contributed by atoms with Crippen molar-refractivity contribution >= 4 is 23.2 Å². The van der Waals surface area contributed by atoms with Crippen LogP contribution in [0.15, 0.2) is 18.2 Å². The predicted octanol–water partition coefficient (Wildman–Crippen LogP) is 2.66. The predicted molar refractivity (Wildman–Crippen MR) is 61.1 cm³/mol. The van der Waals surface area contributed by atoms with E-state index in [0.29, 0.717) is 29.8 Å². The third-order valence-electron chi connectivity index (χ3n) is 1.69. The molecule has 0 aromatic heterocycles. The van der Waals surface area contributed by atoms with Crippen LogP contribution in [-0.4, -0.2) is 20.3 Å². The van der Waals surface area contributed by atoms with Crippen LogP contribution in [0.25, 0.3) is 0 Å². The van der Waals surface area contributed by atoms with E-state index in [2.05, 4.69) is 5.48 Å². The molecule has 0 fully saturated rings. The number of hydrogen-bond acceptors (Lipinski definition) is 3. The lowest BCUT2D eigenvalue weighted by atomic mass is 10.2. The lowest BCUT2D eigenvalue weighted by Gasteiger charge is -2.06. The van der Waals surface area contributed by atoms with Crippen LogP contribution in [0.3, 0.4) is 0 Å². The normalized spacial score (nSPS) is 10.6. The zero-order chi connectivity index (χ0) is 11.1. The van der Waals surface area contributed by atoms with Crippen LogP contribution < -0.4 is 5.48 Å². The van der Waals surface area contributed by atoms with E-state index in [-0.39, 0.29) is 0 Å². The van der Waals surface area contributed by atoms with Crippen molar-refractivity contribution in [2.75, 3.05) is 20.3 Å². The Morgan fingerprint density at radius 2 is 1.80 bits per heavy atom. The summed E-state index contributed by atoms with van der Waals surface area (Å²) in [5.41, 5.74) is 3.77. The van der Waals surface area contributed by atoms with Gasteiger partial charge in [-0.05, 0) is 23.8 Å². The number of halogens is 2. The number of methoxy groups -OCH3 is 1. The van der Waals surface area contributed by atoms with Crippen molar-refractivity contribution in [2.24, 2.45) is 0 Å². The first-order chi connectivity index (χ1) is 7.22. The average molecular weight is 250 g/mol. The summed E-state index contributed by atoms with van der Waals surface area (Å²) < 4.78 is 4.83. The molecular weight excluding hydrogens is 237 g/mol. The van der Waals surface area contributed by atoms with Crippen molar-refractivity contribution in [2.45, 2.75) is 6.54 Å². The highest BCUT2D eigenvalue weighted by Crippen LogP contribution is 2.18. The topological polar surface area (TPSA) is 30.5 Å². The van der Waals surface area contributed by atoms with Crippen molar-refractivity contribution in [1.82, 2.24) is 5.48 Å². The molecule has 0 amide bonds. The van der Waals surface area contributed by atoms with Crippen LogP contribution in [0.2, 0.25) is 10.0 Å². The number of benzene rings is 1. The second-order valence-corrected chi connectivity index (χ2v) is 3.81. The van der Waals surface area contributed by atoms with Gasteiger partial charge in [-0.15, -0.1) is 0 Å². The fourth-order valence-corrected chi connectivity index (χ4v) is 1.62. The van der Waals surface area contributed by atoms with Gasteiger partial charge in [-0.1, -0.05) is 23.2 Å². The third kappa shape index (κ3) is 5.35. The number of nitrogens with one attached hydrogen (secondary N) is 1. The second-order valence-electron chi connectivity index (χ2n) is 2.94. The number of hydrogen-bond donors (Lipinski definition) is 1. The Balaban J connectivity index is 2.31. The van der Waals surface area contributed by atoms with Gasteiger partial charge in [0.15, 0.2) is 0 Å². The van der Waals surface area contributed by atoms with E-state index in [1.54, 1.807) is 13.2 Å². The molecular formula is C10H13Cl2NO2. The van der Waals surface area contributed by atoms with E-state index in [4.69, 9.17) is 32.8 Å². The standard InChI is InChI=1S/C10H13Cl2NO2/c1-14-2-3-15-13-7-8-4-9(11)6-10(12)5-8/h4-6,13H,2-3,7H2,1H3. The molecule has 0 aliphatic carbocycles. The van der Waals surface area contributed by atoms with E-state index in [9.17, 15) is 0 Å². The minimum Gasteiger partial charge on any atom is -0.382 e. The first-order valence-corrected chi connectivity index (χ1v) is 5.26. The maximum absolute atomic E-state index is 5.84. The molecule has 0 radical (unpaired) electrons. The summed E-state index contributed by atoms with van der Waals surface area (Å²) in [7, 11) is 1.63. The van der Waals surface area contributed by atoms with Crippen molar-refractivity contribution in [3.63, 3.8) is 0 Å². The minimum atomic E-state index is 0.505. The smallest absolute Gasteiger partial charge is 0.0916 e. The Morgan fingerprint density at radius 3 is 2.40 bits per heavy atom. The first kappa shape index (κ1) is 12.7. The van der Waals surface area contributed by atoms with Crippen molar-refractivity contribution in [1.29, 1.82) is 0 Å². The fraction of sp³-hybridized carbons (Fsp3) is 0.400. The molecule has 0 bridgehead atoms. The van der Waals surface area contributed by atoms with Crippen LogP contribution in [0.5, 0.6) is 0 Å². The van der Waals surface area contributed by atoms with Crippen LogP contribution >= 0.6 is 23.2 Å². The van der Waals surface area contributed by atoms with E-state index in [1.165, 1.54) is 0 Å². The second kappa shape index (κ2) is 7.04. The van der Waals surface area contributed by atoms with Gasteiger partial charge in [0.05, 0.1) is 13.2 Å². The van der Waals surface area contributed by atoms with E-state index < -0.39 is 0 Å². The van der Waals surface area contributed by atoms with Gasteiger partial charge in [0.2, 0.25) is 0 Å². The highest BCUT2D eigenvalue weighted by atomic mass is 35.5. The average Bonchev–Trinajstić information content (AvgIpc) is 2.16. The molecule has 5 heteroatoms. The molecule has 0 aliphatic heterocycles. The highest BCUT2D eigenvalue weighted by molar-refractivity contribution is 6.34. The van der Waals surface area contributed by atoms with E-state index in [1.807, 2.05) is 12.1 Å². The lowest BCUT2D eigenvalue weighted by Crippen LogP contribution is -2.17. The highest BCUT2D eigenvalue weighted by Gasteiger charge is 1.97. The van der Waals surface area contributed by atoms with Crippen LogP contribution in [0.1, 0.15) is 5.56 Å². The molecule has 0 heterocycles. The summed E-state index contributed by atoms with van der Waals surface area (Å²) >= 11 is 11.7. The molecule has 15 heavy (non-hydrogen) atoms. The summed E-state index contributed by atoms with van der Waals surface area (Å²) in [6.45, 7) is 1.62. The van der Waals surface area contributed by atoms with Gasteiger partial charge in [-0.3, -0.25) is 4.84 Å². The summed E-state index contributed by atoms with van der Waals surface area (Å²) in [6, 6.07) is 5.36. The molecule has 0 atom stereocenters. The van der Waals surface area contributed by atoms with Crippen LogP contribution in [-0.2, 0) is 16.1 Å². The first-order valence-electron chi connectivity index (χ1n) is 4.51. The quantitative estimate of drug-likeness (QED) is 0.622. The van der Waals surface area contributed by atoms with Gasteiger partial charge in [-0.2, -0.15) is 5.48 Å². The molecule has 1 N–H and O–H groups in total. The zero-order valence-corrected chi connectivity index (χ0v) is 9.94. The third-order valence-corrected chi connectivity index (χ3v) is 2.13. The van der Waals surface area contributed by atoms with E-state index in [0.717, 1.165) is 5.56 Å². The SMILES string of the molecule is COCCONCc1cc(Cl)cc(Cl)c1. The fourth-order valence-electron chi connectivity index (χ4n) is 1.04. The maximum Gasteiger partial charge on any atom is 0.0916 e. The minimum absolute atomic E-state index is 0.505. The van der Waals surface area contributed by atoms with Crippen molar-refractivity contribution in [3.8, 4) is 0 Å². The van der Waals surface area contributed by atoms with E-state index >= 15 is 0 Å². The summed E-state index contributed by atoms with van der Waals surface area (Å²) in [6.07, 6.45) is 0. The lowest BCUT2D eigenvalue weighted by molar-refractivity contribution is 0.00347. The Bertz CT molecular complexity index is 287. The number of hydroxylamine groups is 1. The largest absolute Gasteiger partial charge is 0.382 e. The molecule has 1 aromatic carbocycles. The Hall–Kier alpha value is -0.320. The summed E-state index contributed by atoms with van der Waals surface area (Å²) in [4.78, 5) is 5.10. The molecule has 0 unspecified atom stereocenters. The molecule has 84 valence electrons. The van der Waals surface area contributed by atoms with Crippen LogP contribution in [0, 0.1) is 0 Å². The molecule has 0 aliphatic rings. The molecule has 1 rings (SSSR count). The Labute approximate surface area is 99.2 Å². The molecule has 0 spiro atoms. The molecule has 1 aromatic rings. The van der Waals surface area contributed by atoms with Crippen LogP contribution in [0.4, 0.5) is 0 Å².